The molecule has 1 aliphatic rings. The van der Waals surface area contributed by atoms with Crippen LogP contribution in [0.25, 0.3) is 0 Å². The van der Waals surface area contributed by atoms with Crippen molar-refractivity contribution < 1.29 is 14.7 Å². The first-order chi connectivity index (χ1) is 7.00. The standard InChI is InChI=1S/C10H10N2O3/c1-12-8-3-5(10(14)15)2-7(11)6(8)4-9(12)13/h2-3H,4,11H2,1H3,(H,14,15). The van der Waals surface area contributed by atoms with Crippen molar-refractivity contribution in [1.82, 2.24) is 0 Å². The number of hydrogen-bond donors (Lipinski definition) is 2. The van der Waals surface area contributed by atoms with Crippen LogP contribution in [-0.4, -0.2) is 24.0 Å². The zero-order valence-corrected chi connectivity index (χ0v) is 8.15. The maximum atomic E-state index is 11.4. The second-order valence-electron chi connectivity index (χ2n) is 3.50. The highest BCUT2D eigenvalue weighted by Crippen LogP contribution is 2.33. The highest BCUT2D eigenvalue weighted by molar-refractivity contribution is 6.04. The number of nitrogens with zero attached hydrogens (tertiary/aromatic N) is 1. The maximum absolute atomic E-state index is 11.4. The van der Waals surface area contributed by atoms with E-state index in [0.29, 0.717) is 16.9 Å². The molecule has 0 radical (unpaired) electrons. The molecule has 1 heterocycles. The summed E-state index contributed by atoms with van der Waals surface area (Å²) in [5, 5.41) is 8.83. The molecule has 2 rings (SSSR count). The molecule has 0 unspecified atom stereocenters. The minimum Gasteiger partial charge on any atom is -0.478 e. The van der Waals surface area contributed by atoms with Crippen molar-refractivity contribution in [3.63, 3.8) is 0 Å². The first-order valence-corrected chi connectivity index (χ1v) is 4.43. The number of amides is 1. The third kappa shape index (κ3) is 1.32. The first kappa shape index (κ1) is 9.51. The lowest BCUT2D eigenvalue weighted by Crippen LogP contribution is -2.20. The molecule has 0 aromatic heterocycles. The molecule has 0 fully saturated rings. The number of carboxylic acids is 1. The van der Waals surface area contributed by atoms with E-state index in [-0.39, 0.29) is 17.9 Å². The molecular weight excluding hydrogens is 196 g/mol. The molecule has 0 aliphatic carbocycles. The Hall–Kier alpha value is -2.04. The number of anilines is 2. The number of carbonyl (C=O) groups excluding carboxylic acids is 1. The van der Waals surface area contributed by atoms with E-state index in [9.17, 15) is 9.59 Å². The van der Waals surface area contributed by atoms with Gasteiger partial charge in [-0.1, -0.05) is 0 Å². The van der Waals surface area contributed by atoms with Gasteiger partial charge in [0, 0.05) is 24.0 Å². The van der Waals surface area contributed by atoms with Crippen LogP contribution in [0.15, 0.2) is 12.1 Å². The highest BCUT2D eigenvalue weighted by Gasteiger charge is 2.27. The number of fused-ring (bicyclic) bond motifs is 1. The van der Waals surface area contributed by atoms with Crippen LogP contribution in [0.3, 0.4) is 0 Å². The van der Waals surface area contributed by atoms with Crippen molar-refractivity contribution in [2.75, 3.05) is 17.7 Å². The average molecular weight is 206 g/mol. The number of hydrogen-bond acceptors (Lipinski definition) is 3. The van der Waals surface area contributed by atoms with Gasteiger partial charge in [0.2, 0.25) is 5.91 Å². The van der Waals surface area contributed by atoms with Gasteiger partial charge < -0.3 is 15.7 Å². The normalized spacial score (nSPS) is 14.2. The monoisotopic (exact) mass is 206 g/mol. The Kier molecular flexibility index (Phi) is 1.89. The quantitative estimate of drug-likeness (QED) is 0.655. The lowest BCUT2D eigenvalue weighted by atomic mass is 10.1. The first-order valence-electron chi connectivity index (χ1n) is 4.43. The molecule has 0 saturated heterocycles. The molecule has 78 valence electrons. The number of carbonyl (C=O) groups is 2. The zero-order chi connectivity index (χ0) is 11.2. The van der Waals surface area contributed by atoms with Crippen LogP contribution in [0.2, 0.25) is 0 Å². The third-order valence-corrected chi connectivity index (χ3v) is 2.57. The van der Waals surface area contributed by atoms with Gasteiger partial charge >= 0.3 is 5.97 Å². The number of aromatic carboxylic acids is 1. The Bertz CT molecular complexity index is 468. The fourth-order valence-corrected chi connectivity index (χ4v) is 1.70. The fourth-order valence-electron chi connectivity index (χ4n) is 1.70. The van der Waals surface area contributed by atoms with Crippen LogP contribution in [-0.2, 0) is 11.2 Å². The number of rotatable bonds is 1. The lowest BCUT2D eigenvalue weighted by molar-refractivity contribution is -0.117. The van der Waals surface area contributed by atoms with Crippen LogP contribution >= 0.6 is 0 Å². The molecule has 1 aliphatic heterocycles. The molecule has 15 heavy (non-hydrogen) atoms. The Morgan fingerprint density at radius 1 is 1.53 bits per heavy atom. The number of nitrogen functional groups attached to an aromatic ring is 1. The summed E-state index contributed by atoms with van der Waals surface area (Å²) in [6, 6.07) is 2.85. The number of carboxylic acid groups (broad SMARTS) is 1. The maximum Gasteiger partial charge on any atom is 0.335 e. The van der Waals surface area contributed by atoms with Crippen molar-refractivity contribution in [1.29, 1.82) is 0 Å². The minimum atomic E-state index is -1.04. The van der Waals surface area contributed by atoms with E-state index in [1.807, 2.05) is 0 Å². The summed E-state index contributed by atoms with van der Waals surface area (Å²) in [4.78, 5) is 23.6. The third-order valence-electron chi connectivity index (χ3n) is 2.57. The Morgan fingerprint density at radius 2 is 2.20 bits per heavy atom. The van der Waals surface area contributed by atoms with E-state index >= 15 is 0 Å². The van der Waals surface area contributed by atoms with Crippen LogP contribution in [0.5, 0.6) is 0 Å². The molecule has 0 spiro atoms. The van der Waals surface area contributed by atoms with Gasteiger partial charge in [0.25, 0.3) is 0 Å². The molecule has 0 bridgehead atoms. The summed E-state index contributed by atoms with van der Waals surface area (Å²) in [6.07, 6.45) is 0.248. The van der Waals surface area contributed by atoms with E-state index in [1.165, 1.54) is 17.0 Å². The molecular formula is C10H10N2O3. The Balaban J connectivity index is 2.62. The van der Waals surface area contributed by atoms with Gasteiger partial charge in [-0.05, 0) is 12.1 Å². The van der Waals surface area contributed by atoms with Crippen LogP contribution in [0, 0.1) is 0 Å². The molecule has 1 aromatic rings. The van der Waals surface area contributed by atoms with E-state index in [0.717, 1.165) is 0 Å². The van der Waals surface area contributed by atoms with Crippen LogP contribution < -0.4 is 10.6 Å². The summed E-state index contributed by atoms with van der Waals surface area (Å²) in [5.41, 5.74) is 7.47. The van der Waals surface area contributed by atoms with Crippen molar-refractivity contribution >= 4 is 23.3 Å². The number of benzene rings is 1. The summed E-state index contributed by atoms with van der Waals surface area (Å²) in [5.74, 6) is -1.11. The van der Waals surface area contributed by atoms with Gasteiger partial charge in [0.05, 0.1) is 12.0 Å². The van der Waals surface area contributed by atoms with Crippen LogP contribution in [0.4, 0.5) is 11.4 Å². The van der Waals surface area contributed by atoms with Crippen molar-refractivity contribution in [2.45, 2.75) is 6.42 Å². The van der Waals surface area contributed by atoms with Gasteiger partial charge in [-0.2, -0.15) is 0 Å². The second-order valence-corrected chi connectivity index (χ2v) is 3.50. The predicted molar refractivity (Wildman–Crippen MR) is 54.9 cm³/mol. The average Bonchev–Trinajstić information content (AvgIpc) is 2.45. The molecule has 0 atom stereocenters. The zero-order valence-electron chi connectivity index (χ0n) is 8.15. The summed E-state index contributed by atoms with van der Waals surface area (Å²) >= 11 is 0. The topological polar surface area (TPSA) is 83.6 Å². The van der Waals surface area contributed by atoms with Gasteiger partial charge in [-0.3, -0.25) is 4.79 Å². The Labute approximate surface area is 86.1 Å². The van der Waals surface area contributed by atoms with Gasteiger partial charge in [0.15, 0.2) is 0 Å². The van der Waals surface area contributed by atoms with Crippen molar-refractivity contribution in [3.05, 3.63) is 23.3 Å². The summed E-state index contributed by atoms with van der Waals surface area (Å²) in [7, 11) is 1.61. The number of likely N-dealkylation sites (N-methyl/N-ethyl adjacent to an activating group) is 1. The van der Waals surface area contributed by atoms with Gasteiger partial charge in [-0.25, -0.2) is 4.79 Å². The molecule has 5 heteroatoms. The number of nitrogens with two attached hydrogens (primary N) is 1. The molecule has 0 saturated carbocycles. The largest absolute Gasteiger partial charge is 0.478 e. The molecule has 1 aromatic carbocycles. The van der Waals surface area contributed by atoms with E-state index < -0.39 is 5.97 Å². The second kappa shape index (κ2) is 2.98. The Morgan fingerprint density at radius 3 is 2.80 bits per heavy atom. The van der Waals surface area contributed by atoms with E-state index in [2.05, 4.69) is 0 Å². The predicted octanol–water partition coefficient (Wildman–Crippen LogP) is 0.486. The van der Waals surface area contributed by atoms with E-state index in [4.69, 9.17) is 10.8 Å². The summed E-state index contributed by atoms with van der Waals surface area (Å²) < 4.78 is 0. The smallest absolute Gasteiger partial charge is 0.335 e. The lowest BCUT2D eigenvalue weighted by Gasteiger charge is -2.11. The molecule has 1 amide bonds. The molecule has 3 N–H and O–H groups in total. The summed E-state index contributed by atoms with van der Waals surface area (Å²) in [6.45, 7) is 0. The van der Waals surface area contributed by atoms with E-state index in [1.54, 1.807) is 7.05 Å². The van der Waals surface area contributed by atoms with Gasteiger partial charge in [-0.15, -0.1) is 0 Å². The SMILES string of the molecule is CN1C(=O)Cc2c(N)cc(C(=O)O)cc21. The minimum absolute atomic E-state index is 0.0701. The fraction of sp³-hybridized carbons (Fsp3) is 0.200. The van der Waals surface area contributed by atoms with Gasteiger partial charge in [0.1, 0.15) is 0 Å². The van der Waals surface area contributed by atoms with Crippen molar-refractivity contribution in [3.8, 4) is 0 Å². The molecule has 5 nitrogen and oxygen atoms in total. The highest BCUT2D eigenvalue weighted by atomic mass is 16.4. The van der Waals surface area contributed by atoms with Crippen molar-refractivity contribution in [2.24, 2.45) is 0 Å². The van der Waals surface area contributed by atoms with Crippen LogP contribution in [0.1, 0.15) is 15.9 Å².